The highest BCUT2D eigenvalue weighted by molar-refractivity contribution is 14.2. The molecule has 0 aliphatic heterocycles. The van der Waals surface area contributed by atoms with E-state index >= 15 is 0 Å². The van der Waals surface area contributed by atoms with Gasteiger partial charge in [-0.25, -0.2) is 8.42 Å². The van der Waals surface area contributed by atoms with Crippen molar-refractivity contribution in [1.82, 2.24) is 0.732 Å². The van der Waals surface area contributed by atoms with E-state index in [1.54, 1.807) is 45.7 Å². The maximum atomic E-state index is 10.2. The van der Waals surface area contributed by atoms with Crippen molar-refractivity contribution in [1.29, 1.82) is 0 Å². The monoisotopic (exact) mass is 347 g/mol. The first-order chi connectivity index (χ1) is 2.94. The Hall–Kier alpha value is 1.37. The minimum atomic E-state index is -2.93. The highest BCUT2D eigenvalue weighted by Gasteiger charge is 2.05. The smallest absolute Gasteiger partial charge is 0.211 e. The molecule has 0 spiro atoms. The molecule has 6 heteroatoms. The Balaban J connectivity index is 4.10. The molecule has 44 valence electrons. The van der Waals surface area contributed by atoms with Gasteiger partial charge in [0, 0.05) is 45.7 Å². The first-order valence-corrected chi connectivity index (χ1v) is 5.04. The molecule has 0 fully saturated rings. The van der Waals surface area contributed by atoms with Crippen LogP contribution in [0.25, 0.3) is 0 Å². The fraction of sp³-hybridized carbons (Fsp3) is 1.00. The van der Waals surface area contributed by atoms with Gasteiger partial charge in [-0.15, -0.1) is 0 Å². The lowest BCUT2D eigenvalue weighted by atomic mass is 12.0. The van der Waals surface area contributed by atoms with Crippen molar-refractivity contribution in [3.63, 3.8) is 0 Å². The molecule has 0 saturated heterocycles. The van der Waals surface area contributed by atoms with Crippen LogP contribution in [-0.2, 0) is 10.0 Å². The fourth-order valence-corrected chi connectivity index (χ4v) is 0. The highest BCUT2D eigenvalue weighted by Crippen LogP contribution is 2.11. The zero-order chi connectivity index (χ0) is 6.08. The third-order valence-corrected chi connectivity index (χ3v) is 5.05. The highest BCUT2D eigenvalue weighted by atomic mass is 127. The van der Waals surface area contributed by atoms with Gasteiger partial charge in [-0.3, -0.25) is 0 Å². The fourth-order valence-electron chi connectivity index (χ4n) is 0. The van der Waals surface area contributed by atoms with Crippen molar-refractivity contribution < 1.29 is 8.42 Å². The molecule has 0 atom stereocenters. The van der Waals surface area contributed by atoms with E-state index in [-0.39, 0.29) is 0 Å². The van der Waals surface area contributed by atoms with Crippen LogP contribution in [0.2, 0.25) is 0 Å². The average Bonchev–Trinajstić information content (AvgIpc) is 1.31. The second kappa shape index (κ2) is 2.78. The Morgan fingerprint density at radius 1 is 1.43 bits per heavy atom. The van der Waals surface area contributed by atoms with E-state index in [2.05, 4.69) is 0 Å². The summed E-state index contributed by atoms with van der Waals surface area (Å²) in [4.78, 5) is 0. The number of nitrogens with zero attached hydrogens (tertiary/aromatic N) is 1. The van der Waals surface area contributed by atoms with Gasteiger partial charge in [0.2, 0.25) is 10.0 Å². The largest absolute Gasteiger partial charge is 0.228 e. The Labute approximate surface area is 70.5 Å². The molecule has 0 unspecified atom stereocenters. The molecule has 0 aliphatic carbocycles. The van der Waals surface area contributed by atoms with Crippen LogP contribution in [-0.4, -0.2) is 15.4 Å². The van der Waals surface area contributed by atoms with Gasteiger partial charge in [0.15, 0.2) is 0 Å². The molecule has 0 aromatic rings. The second-order valence-electron chi connectivity index (χ2n) is 0.935. The van der Waals surface area contributed by atoms with Gasteiger partial charge in [0.25, 0.3) is 0 Å². The Kier molecular flexibility index (Phi) is 3.33. The summed E-state index contributed by atoms with van der Waals surface area (Å²) < 4.78 is 21.6. The summed E-state index contributed by atoms with van der Waals surface area (Å²) in [6, 6.07) is 0. The molecule has 0 saturated carbocycles. The summed E-state index contributed by atoms with van der Waals surface area (Å²) in [6.45, 7) is 0. The summed E-state index contributed by atoms with van der Waals surface area (Å²) in [7, 11) is -2.93. The van der Waals surface area contributed by atoms with Gasteiger partial charge in [0.05, 0.1) is 6.26 Å². The topological polar surface area (TPSA) is 37.4 Å². The molecule has 7 heavy (non-hydrogen) atoms. The molecule has 0 amide bonds. The number of rotatable bonds is 1. The van der Waals surface area contributed by atoms with Crippen LogP contribution in [0.1, 0.15) is 0 Å². The van der Waals surface area contributed by atoms with E-state index in [9.17, 15) is 8.42 Å². The zero-order valence-corrected chi connectivity index (χ0v) is 8.56. The minimum Gasteiger partial charge on any atom is -0.211 e. The van der Waals surface area contributed by atoms with Gasteiger partial charge in [-0.2, -0.15) is 0 Å². The average molecular weight is 347 g/mol. The summed E-state index contributed by atoms with van der Waals surface area (Å²) >= 11 is 3.36. The number of hydrogen-bond donors (Lipinski definition) is 0. The Bertz CT molecular complexity index is 138. The molecular weight excluding hydrogens is 344 g/mol. The molecule has 0 bridgehead atoms. The van der Waals surface area contributed by atoms with Gasteiger partial charge >= 0.3 is 0 Å². The summed E-state index contributed by atoms with van der Waals surface area (Å²) in [5.41, 5.74) is 0. The molecule has 0 aromatic carbocycles. The van der Waals surface area contributed by atoms with Crippen molar-refractivity contribution in [2.24, 2.45) is 0 Å². The lowest BCUT2D eigenvalue weighted by Gasteiger charge is -1.96. The Morgan fingerprint density at radius 2 is 1.57 bits per heavy atom. The Morgan fingerprint density at radius 3 is 1.57 bits per heavy atom. The molecule has 0 radical (unpaired) electrons. The molecule has 0 aliphatic rings. The van der Waals surface area contributed by atoms with Crippen LogP contribution in [0.4, 0.5) is 0 Å². The molecular formula is CH3I2NO2S. The van der Waals surface area contributed by atoms with Crippen molar-refractivity contribution >= 4 is 55.8 Å². The standard InChI is InChI=1S/CH3I2NO2S/c1-7(5,6)4(2)3/h1H3. The quantitative estimate of drug-likeness (QED) is 0.523. The molecule has 3 nitrogen and oxygen atoms in total. The van der Waals surface area contributed by atoms with E-state index in [1.807, 2.05) is 0 Å². The SMILES string of the molecule is CS(=O)(=O)N(I)I. The second-order valence-corrected chi connectivity index (χ2v) is 7.85. The van der Waals surface area contributed by atoms with Crippen LogP contribution >= 0.6 is 45.7 Å². The molecule has 0 rings (SSSR count). The number of sulfonamides is 1. The van der Waals surface area contributed by atoms with Crippen LogP contribution in [0.15, 0.2) is 0 Å². The predicted molar refractivity (Wildman–Crippen MR) is 44.7 cm³/mol. The van der Waals surface area contributed by atoms with Crippen LogP contribution in [0.3, 0.4) is 0 Å². The van der Waals surface area contributed by atoms with E-state index in [0.29, 0.717) is 0 Å². The van der Waals surface area contributed by atoms with Crippen molar-refractivity contribution in [3.8, 4) is 0 Å². The lowest BCUT2D eigenvalue weighted by molar-refractivity contribution is 0.594. The van der Waals surface area contributed by atoms with Gasteiger partial charge in [-0.05, 0) is 0 Å². The number of hydrogen-bond acceptors (Lipinski definition) is 2. The first kappa shape index (κ1) is 8.37. The van der Waals surface area contributed by atoms with Gasteiger partial charge in [-0.1, -0.05) is 0.732 Å². The third-order valence-electron chi connectivity index (χ3n) is 0.251. The molecule has 0 N–H and O–H groups in total. The summed E-state index contributed by atoms with van der Waals surface area (Å²) in [5, 5.41) is 0. The van der Waals surface area contributed by atoms with E-state index in [4.69, 9.17) is 0 Å². The van der Waals surface area contributed by atoms with Crippen molar-refractivity contribution in [2.75, 3.05) is 6.26 Å². The lowest BCUT2D eigenvalue weighted by Crippen LogP contribution is -2.06. The maximum Gasteiger partial charge on any atom is 0.228 e. The molecule has 0 heterocycles. The van der Waals surface area contributed by atoms with E-state index in [1.165, 1.54) is 0 Å². The van der Waals surface area contributed by atoms with Crippen molar-refractivity contribution in [3.05, 3.63) is 0 Å². The van der Waals surface area contributed by atoms with Gasteiger partial charge < -0.3 is 0 Å². The van der Waals surface area contributed by atoms with E-state index < -0.39 is 10.0 Å². The van der Waals surface area contributed by atoms with E-state index in [0.717, 1.165) is 6.99 Å². The maximum absolute atomic E-state index is 10.2. The summed E-state index contributed by atoms with van der Waals surface area (Å²) in [5.74, 6) is 0. The predicted octanol–water partition coefficient (Wildman–Crippen LogP) is 0.948. The van der Waals surface area contributed by atoms with Gasteiger partial charge in [0.1, 0.15) is 0 Å². The van der Waals surface area contributed by atoms with Crippen LogP contribution in [0.5, 0.6) is 0 Å². The van der Waals surface area contributed by atoms with Crippen molar-refractivity contribution in [2.45, 2.75) is 0 Å². The normalized spacial score (nSPS) is 12.6. The third kappa shape index (κ3) is 3.91. The molecule has 0 aromatic heterocycles. The first-order valence-electron chi connectivity index (χ1n) is 1.26. The van der Waals surface area contributed by atoms with Crippen LogP contribution < -0.4 is 0 Å². The minimum absolute atomic E-state index is 1.10. The van der Waals surface area contributed by atoms with Crippen LogP contribution in [0, 0.1) is 0 Å². The zero-order valence-electron chi connectivity index (χ0n) is 3.43. The summed E-state index contributed by atoms with van der Waals surface area (Å²) in [6.07, 6.45) is 1.14. The number of halogens is 2.